The third-order valence-corrected chi connectivity index (χ3v) is 9.44. The maximum absolute atomic E-state index is 13.9. The summed E-state index contributed by atoms with van der Waals surface area (Å²) in [6, 6.07) is 23.9. The van der Waals surface area contributed by atoms with Crippen molar-refractivity contribution in [2.75, 3.05) is 17.2 Å². The second kappa shape index (κ2) is 14.1. The van der Waals surface area contributed by atoms with Gasteiger partial charge >= 0.3 is 6.09 Å². The van der Waals surface area contributed by atoms with Crippen LogP contribution in [0, 0.1) is 21.4 Å². The molecule has 0 bridgehead atoms. The van der Waals surface area contributed by atoms with Gasteiger partial charge in [0.1, 0.15) is 21.9 Å². The number of ether oxygens (including phenoxy) is 1. The SMILES string of the molecule is CC(C)(C)OC(=O)N1CCc2c(sc(NC(=O)C(Sc3cccc(NC(=O)c4cccc([N+](=O)[O-])c4)c3)c3ccccc3)c2C#N)C1. The van der Waals surface area contributed by atoms with E-state index in [0.717, 1.165) is 16.0 Å². The van der Waals surface area contributed by atoms with E-state index < -0.39 is 27.8 Å². The van der Waals surface area contributed by atoms with Crippen LogP contribution in [0.2, 0.25) is 0 Å². The van der Waals surface area contributed by atoms with Gasteiger partial charge in [-0.1, -0.05) is 42.5 Å². The van der Waals surface area contributed by atoms with Crippen molar-refractivity contribution >= 4 is 57.4 Å². The zero-order chi connectivity index (χ0) is 33.7. The van der Waals surface area contributed by atoms with Crippen molar-refractivity contribution in [1.29, 1.82) is 5.26 Å². The third kappa shape index (κ3) is 8.16. The first-order valence-corrected chi connectivity index (χ1v) is 16.3. The van der Waals surface area contributed by atoms with Crippen LogP contribution in [0.4, 0.5) is 21.2 Å². The smallest absolute Gasteiger partial charge is 0.410 e. The summed E-state index contributed by atoms with van der Waals surface area (Å²) in [7, 11) is 0. The molecule has 0 aliphatic carbocycles. The van der Waals surface area contributed by atoms with Crippen molar-refractivity contribution in [3.8, 4) is 6.07 Å². The Morgan fingerprint density at radius 1 is 1.04 bits per heavy atom. The number of benzene rings is 3. The quantitative estimate of drug-likeness (QED) is 0.111. The molecule has 3 amide bonds. The second-order valence-electron chi connectivity index (χ2n) is 11.7. The number of nitrogens with one attached hydrogen (secondary N) is 2. The molecule has 0 radical (unpaired) electrons. The summed E-state index contributed by atoms with van der Waals surface area (Å²) in [5.74, 6) is -0.851. The Balaban J connectivity index is 1.35. The number of nitriles is 1. The minimum atomic E-state index is -0.720. The molecule has 0 saturated carbocycles. The van der Waals surface area contributed by atoms with Crippen molar-refractivity contribution in [2.45, 2.75) is 49.5 Å². The largest absolute Gasteiger partial charge is 0.444 e. The van der Waals surface area contributed by atoms with Crippen molar-refractivity contribution in [3.05, 3.63) is 116 Å². The number of amides is 3. The zero-order valence-electron chi connectivity index (χ0n) is 25.8. The Morgan fingerprint density at radius 3 is 2.49 bits per heavy atom. The maximum Gasteiger partial charge on any atom is 0.410 e. The number of thioether (sulfide) groups is 1. The van der Waals surface area contributed by atoms with Gasteiger partial charge in [0.05, 0.1) is 17.0 Å². The molecule has 0 saturated heterocycles. The summed E-state index contributed by atoms with van der Waals surface area (Å²) in [6.07, 6.45) is 0.0416. The fraction of sp³-hybridized carbons (Fsp3) is 0.235. The van der Waals surface area contributed by atoms with Gasteiger partial charge in [-0.2, -0.15) is 5.26 Å². The van der Waals surface area contributed by atoms with E-state index in [-0.39, 0.29) is 23.7 Å². The number of rotatable bonds is 8. The lowest BCUT2D eigenvalue weighted by Crippen LogP contribution is -2.39. The van der Waals surface area contributed by atoms with Crippen molar-refractivity contribution in [3.63, 3.8) is 0 Å². The van der Waals surface area contributed by atoms with Crippen LogP contribution in [0.1, 0.15) is 57.9 Å². The summed E-state index contributed by atoms with van der Waals surface area (Å²) in [5, 5.41) is 26.6. The van der Waals surface area contributed by atoms with E-state index in [1.165, 1.54) is 47.4 Å². The molecule has 1 aliphatic rings. The number of non-ortho nitro benzene ring substituents is 1. The minimum absolute atomic E-state index is 0.139. The number of hydrogen-bond acceptors (Lipinski definition) is 9. The summed E-state index contributed by atoms with van der Waals surface area (Å²) in [6.45, 7) is 6.10. The molecule has 1 aliphatic heterocycles. The monoisotopic (exact) mass is 669 g/mol. The molecule has 240 valence electrons. The molecule has 13 heteroatoms. The predicted octanol–water partition coefficient (Wildman–Crippen LogP) is 7.55. The number of hydrogen-bond donors (Lipinski definition) is 2. The Labute approximate surface area is 279 Å². The molecule has 0 fully saturated rings. The van der Waals surface area contributed by atoms with Gasteiger partial charge in [-0.15, -0.1) is 23.1 Å². The normalized spacial score (nSPS) is 13.1. The maximum atomic E-state index is 13.9. The van der Waals surface area contributed by atoms with Gasteiger partial charge in [-0.05, 0) is 62.6 Å². The lowest BCUT2D eigenvalue weighted by molar-refractivity contribution is -0.384. The fourth-order valence-electron chi connectivity index (χ4n) is 4.92. The highest BCUT2D eigenvalue weighted by Gasteiger charge is 2.31. The highest BCUT2D eigenvalue weighted by molar-refractivity contribution is 8.00. The number of carbonyl (C=O) groups excluding carboxylic acids is 3. The van der Waals surface area contributed by atoms with E-state index in [4.69, 9.17) is 4.74 Å². The molecule has 2 heterocycles. The van der Waals surface area contributed by atoms with Gasteiger partial charge in [0.2, 0.25) is 5.91 Å². The number of nitrogens with zero attached hydrogens (tertiary/aromatic N) is 3. The van der Waals surface area contributed by atoms with Crippen molar-refractivity contribution < 1.29 is 24.0 Å². The van der Waals surface area contributed by atoms with E-state index in [9.17, 15) is 29.8 Å². The number of carbonyl (C=O) groups is 3. The molecule has 1 unspecified atom stereocenters. The standard InChI is InChI=1S/C34H31N5O6S2/c1-34(2,3)45-33(42)38-16-15-26-27(19-35)32(47-28(26)20-38)37-31(41)29(21-9-5-4-6-10-21)46-25-14-8-12-23(18-25)36-30(40)22-11-7-13-24(17-22)39(43)44/h4-14,17-18,29H,15-16,20H2,1-3H3,(H,36,40)(H,37,41). The molecule has 11 nitrogen and oxygen atoms in total. The topological polar surface area (TPSA) is 155 Å². The lowest BCUT2D eigenvalue weighted by atomic mass is 10.0. The Hall–Kier alpha value is -5.19. The van der Waals surface area contributed by atoms with Crippen LogP contribution in [0.3, 0.4) is 0 Å². The highest BCUT2D eigenvalue weighted by atomic mass is 32.2. The van der Waals surface area contributed by atoms with Crippen LogP contribution < -0.4 is 10.6 Å². The van der Waals surface area contributed by atoms with Crippen LogP contribution >= 0.6 is 23.1 Å². The zero-order valence-corrected chi connectivity index (χ0v) is 27.4. The van der Waals surface area contributed by atoms with Gasteiger partial charge in [0.25, 0.3) is 11.6 Å². The number of anilines is 2. The van der Waals surface area contributed by atoms with Gasteiger partial charge in [0.15, 0.2) is 0 Å². The lowest BCUT2D eigenvalue weighted by Gasteiger charge is -2.29. The van der Waals surface area contributed by atoms with Crippen LogP contribution in [-0.4, -0.2) is 39.9 Å². The van der Waals surface area contributed by atoms with Crippen LogP contribution in [0.5, 0.6) is 0 Å². The number of thiophene rings is 1. The van der Waals surface area contributed by atoms with Gasteiger partial charge in [0, 0.05) is 39.7 Å². The molecule has 47 heavy (non-hydrogen) atoms. The first-order chi connectivity index (χ1) is 22.4. The van der Waals surface area contributed by atoms with Gasteiger partial charge < -0.3 is 20.3 Å². The van der Waals surface area contributed by atoms with Crippen LogP contribution in [-0.2, 0) is 22.5 Å². The van der Waals surface area contributed by atoms with Crippen molar-refractivity contribution in [2.24, 2.45) is 0 Å². The second-order valence-corrected chi connectivity index (χ2v) is 13.9. The molecular formula is C34H31N5O6S2. The van der Waals surface area contributed by atoms with E-state index in [0.29, 0.717) is 34.1 Å². The molecular weight excluding hydrogens is 639 g/mol. The van der Waals surface area contributed by atoms with Crippen LogP contribution in [0.15, 0.2) is 83.8 Å². The third-order valence-electron chi connectivity index (χ3n) is 7.06. The highest BCUT2D eigenvalue weighted by Crippen LogP contribution is 2.41. The average Bonchev–Trinajstić information content (AvgIpc) is 3.39. The summed E-state index contributed by atoms with van der Waals surface area (Å²) < 4.78 is 5.53. The Kier molecular flexibility index (Phi) is 9.93. The predicted molar refractivity (Wildman–Crippen MR) is 181 cm³/mol. The molecule has 0 spiro atoms. The fourth-order valence-corrected chi connectivity index (χ4v) is 7.22. The van der Waals surface area contributed by atoms with E-state index in [1.54, 1.807) is 43.9 Å². The number of nitro groups is 1. The molecule has 2 N–H and O–H groups in total. The van der Waals surface area contributed by atoms with Gasteiger partial charge in [-0.25, -0.2) is 4.79 Å². The average molecular weight is 670 g/mol. The molecule has 5 rings (SSSR count). The summed E-state index contributed by atoms with van der Waals surface area (Å²) in [4.78, 5) is 53.2. The minimum Gasteiger partial charge on any atom is -0.444 e. The van der Waals surface area contributed by atoms with Crippen molar-refractivity contribution in [1.82, 2.24) is 4.90 Å². The van der Waals surface area contributed by atoms with E-state index >= 15 is 0 Å². The van der Waals surface area contributed by atoms with Crippen LogP contribution in [0.25, 0.3) is 0 Å². The van der Waals surface area contributed by atoms with Gasteiger partial charge in [-0.3, -0.25) is 19.7 Å². The first kappa shape index (κ1) is 33.2. The molecule has 4 aromatic rings. The number of fused-ring (bicyclic) bond motifs is 1. The summed E-state index contributed by atoms with van der Waals surface area (Å²) >= 11 is 2.55. The van der Waals surface area contributed by atoms with E-state index in [1.807, 2.05) is 36.4 Å². The number of nitro benzene ring substituents is 1. The first-order valence-electron chi connectivity index (χ1n) is 14.6. The summed E-state index contributed by atoms with van der Waals surface area (Å²) in [5.41, 5.74) is 1.71. The molecule has 3 aromatic carbocycles. The Morgan fingerprint density at radius 2 is 1.79 bits per heavy atom. The Bertz CT molecular complexity index is 1880. The molecule has 1 atom stereocenters. The molecule has 1 aromatic heterocycles. The van der Waals surface area contributed by atoms with E-state index in [2.05, 4.69) is 16.7 Å².